The number of nitro groups is 1. The van der Waals surface area contributed by atoms with E-state index >= 15 is 0 Å². The van der Waals surface area contributed by atoms with Crippen molar-refractivity contribution in [1.82, 2.24) is 0 Å². The molecule has 22 heavy (non-hydrogen) atoms. The third-order valence-electron chi connectivity index (χ3n) is 2.81. The average molecular weight is 321 g/mol. The topological polar surface area (TPSA) is 85.0 Å². The van der Waals surface area contributed by atoms with E-state index in [-0.39, 0.29) is 16.5 Å². The molecule has 2 rings (SSSR count). The lowest BCUT2D eigenvalue weighted by molar-refractivity contribution is -0.384. The Labute approximate surface area is 131 Å². The van der Waals surface area contributed by atoms with Crippen LogP contribution < -0.4 is 4.74 Å². The van der Waals surface area contributed by atoms with Gasteiger partial charge < -0.3 is 9.84 Å². The zero-order valence-electron chi connectivity index (χ0n) is 11.7. The number of nitro benzene ring substituents is 1. The quantitative estimate of drug-likeness (QED) is 0.510. The van der Waals surface area contributed by atoms with E-state index in [9.17, 15) is 15.2 Å². The molecule has 0 radical (unpaired) electrons. The Hall–Kier alpha value is -2.60. The first-order chi connectivity index (χ1) is 10.5. The number of nitrogens with zero attached hydrogens (tertiary/aromatic N) is 2. The summed E-state index contributed by atoms with van der Waals surface area (Å²) in [5.41, 5.74) is 0.587. The number of hydrogen-bond acceptors (Lipinski definition) is 5. The highest BCUT2D eigenvalue weighted by Gasteiger charge is 2.12. The molecule has 2 aromatic carbocycles. The molecule has 0 heterocycles. The van der Waals surface area contributed by atoms with E-state index < -0.39 is 4.92 Å². The molecule has 0 amide bonds. The molecule has 0 aliphatic rings. The Morgan fingerprint density at radius 2 is 2.18 bits per heavy atom. The van der Waals surface area contributed by atoms with Crippen molar-refractivity contribution in [2.75, 3.05) is 6.61 Å². The minimum atomic E-state index is -0.575. The van der Waals surface area contributed by atoms with Gasteiger partial charge in [0.05, 0.1) is 17.2 Å². The molecule has 0 unspecified atom stereocenters. The molecule has 0 spiro atoms. The second-order valence-corrected chi connectivity index (χ2v) is 4.69. The van der Waals surface area contributed by atoms with Gasteiger partial charge in [0.15, 0.2) is 11.5 Å². The second kappa shape index (κ2) is 6.91. The molecule has 6 nitrogen and oxygen atoms in total. The Morgan fingerprint density at radius 1 is 1.41 bits per heavy atom. The maximum Gasteiger partial charge on any atom is 0.290 e. The predicted octanol–water partition coefficient (Wildman–Crippen LogP) is 4.10. The highest BCUT2D eigenvalue weighted by Crippen LogP contribution is 2.31. The minimum absolute atomic E-state index is 0.0310. The smallest absolute Gasteiger partial charge is 0.290 e. The summed E-state index contributed by atoms with van der Waals surface area (Å²) < 4.78 is 5.28. The van der Waals surface area contributed by atoms with Crippen molar-refractivity contribution < 1.29 is 14.8 Å². The summed E-state index contributed by atoms with van der Waals surface area (Å²) in [4.78, 5) is 14.4. The fraction of sp³-hybridized carbons (Fsp3) is 0.133. The molecule has 0 saturated carbocycles. The van der Waals surface area contributed by atoms with Crippen LogP contribution in [0, 0.1) is 10.1 Å². The van der Waals surface area contributed by atoms with Gasteiger partial charge in [0.2, 0.25) is 0 Å². The molecule has 0 aromatic heterocycles. The predicted molar refractivity (Wildman–Crippen MR) is 84.6 cm³/mol. The van der Waals surface area contributed by atoms with Crippen molar-refractivity contribution in [3.63, 3.8) is 0 Å². The third kappa shape index (κ3) is 3.53. The Bertz CT molecular complexity index is 731. The van der Waals surface area contributed by atoms with Gasteiger partial charge in [0.25, 0.3) is 5.69 Å². The SMILES string of the molecule is CCOc1cccc(C=Nc2ccc(Cl)c([N+](=O)[O-])c2)c1O. The van der Waals surface area contributed by atoms with Crippen LogP contribution in [0.15, 0.2) is 41.4 Å². The van der Waals surface area contributed by atoms with E-state index in [2.05, 4.69) is 4.99 Å². The van der Waals surface area contributed by atoms with Crippen molar-refractivity contribution in [1.29, 1.82) is 0 Å². The van der Waals surface area contributed by atoms with Crippen molar-refractivity contribution >= 4 is 29.2 Å². The lowest BCUT2D eigenvalue weighted by atomic mass is 10.2. The van der Waals surface area contributed by atoms with Gasteiger partial charge in [-0.2, -0.15) is 0 Å². The first-order valence-electron chi connectivity index (χ1n) is 6.45. The maximum atomic E-state index is 10.8. The van der Waals surface area contributed by atoms with Gasteiger partial charge >= 0.3 is 0 Å². The summed E-state index contributed by atoms with van der Waals surface area (Å²) >= 11 is 5.74. The van der Waals surface area contributed by atoms with Crippen LogP contribution >= 0.6 is 11.6 Å². The Kier molecular flexibility index (Phi) is 4.95. The number of hydrogen-bond donors (Lipinski definition) is 1. The van der Waals surface area contributed by atoms with Crippen LogP contribution in [0.25, 0.3) is 0 Å². The first-order valence-corrected chi connectivity index (χ1v) is 6.83. The third-order valence-corrected chi connectivity index (χ3v) is 3.13. The summed E-state index contributed by atoms with van der Waals surface area (Å²) in [5, 5.41) is 20.9. The average Bonchev–Trinajstić information content (AvgIpc) is 2.49. The number of aromatic hydroxyl groups is 1. The van der Waals surface area contributed by atoms with Crippen LogP contribution in [0.1, 0.15) is 12.5 Å². The first kappa shape index (κ1) is 15.8. The Balaban J connectivity index is 2.31. The van der Waals surface area contributed by atoms with Crippen LogP contribution in [-0.4, -0.2) is 22.9 Å². The molecule has 1 N–H and O–H groups in total. The summed E-state index contributed by atoms with van der Waals surface area (Å²) in [6, 6.07) is 9.24. The van der Waals surface area contributed by atoms with Crippen molar-refractivity contribution in [3.05, 3.63) is 57.1 Å². The fourth-order valence-corrected chi connectivity index (χ4v) is 1.97. The molecule has 0 fully saturated rings. The number of para-hydroxylation sites is 1. The number of ether oxygens (including phenoxy) is 1. The fourth-order valence-electron chi connectivity index (χ4n) is 1.78. The molecular formula is C15H13ClN2O4. The van der Waals surface area contributed by atoms with Gasteiger partial charge in [-0.25, -0.2) is 0 Å². The zero-order valence-corrected chi connectivity index (χ0v) is 12.4. The molecule has 0 bridgehead atoms. The summed E-state index contributed by atoms with van der Waals surface area (Å²) in [6.07, 6.45) is 1.41. The van der Waals surface area contributed by atoms with E-state index in [4.69, 9.17) is 16.3 Å². The molecule has 0 aliphatic heterocycles. The number of rotatable bonds is 5. The maximum absolute atomic E-state index is 10.8. The summed E-state index contributed by atoms with van der Waals surface area (Å²) in [5.74, 6) is 0.324. The lowest BCUT2D eigenvalue weighted by Gasteiger charge is -2.07. The van der Waals surface area contributed by atoms with Crippen molar-refractivity contribution in [3.8, 4) is 11.5 Å². The van der Waals surface area contributed by atoms with Crippen LogP contribution in [0.2, 0.25) is 5.02 Å². The van der Waals surface area contributed by atoms with E-state index in [0.29, 0.717) is 23.6 Å². The van der Waals surface area contributed by atoms with Gasteiger partial charge in [-0.05, 0) is 31.2 Å². The largest absolute Gasteiger partial charge is 0.504 e. The van der Waals surface area contributed by atoms with Crippen LogP contribution in [0.3, 0.4) is 0 Å². The monoisotopic (exact) mass is 320 g/mol. The molecule has 0 aliphatic carbocycles. The van der Waals surface area contributed by atoms with E-state index in [0.717, 1.165) is 0 Å². The van der Waals surface area contributed by atoms with E-state index in [1.54, 1.807) is 24.3 Å². The second-order valence-electron chi connectivity index (χ2n) is 4.28. The van der Waals surface area contributed by atoms with Crippen LogP contribution in [-0.2, 0) is 0 Å². The Morgan fingerprint density at radius 3 is 2.86 bits per heavy atom. The number of halogens is 1. The highest BCUT2D eigenvalue weighted by molar-refractivity contribution is 6.32. The minimum Gasteiger partial charge on any atom is -0.504 e. The van der Waals surface area contributed by atoms with Gasteiger partial charge in [0, 0.05) is 17.8 Å². The summed E-state index contributed by atoms with van der Waals surface area (Å²) in [6.45, 7) is 2.24. The van der Waals surface area contributed by atoms with Gasteiger partial charge in [-0.3, -0.25) is 15.1 Å². The standard InChI is InChI=1S/C15H13ClN2O4/c1-2-22-14-5-3-4-10(15(14)19)9-17-11-6-7-12(16)13(8-11)18(20)21/h3-9,19H,2H2,1H3. The molecule has 0 saturated heterocycles. The number of aliphatic imine (C=N–C) groups is 1. The number of phenols is 1. The zero-order chi connectivity index (χ0) is 16.1. The molecule has 7 heteroatoms. The van der Waals surface area contributed by atoms with Crippen molar-refractivity contribution in [2.24, 2.45) is 4.99 Å². The lowest BCUT2D eigenvalue weighted by Crippen LogP contribution is -1.93. The van der Waals surface area contributed by atoms with Crippen molar-refractivity contribution in [2.45, 2.75) is 6.92 Å². The number of phenolic OH excluding ortho intramolecular Hbond substituents is 1. The molecule has 0 atom stereocenters. The van der Waals surface area contributed by atoms with Gasteiger partial charge in [0.1, 0.15) is 5.02 Å². The van der Waals surface area contributed by atoms with E-state index in [1.165, 1.54) is 18.3 Å². The van der Waals surface area contributed by atoms with Crippen LogP contribution in [0.4, 0.5) is 11.4 Å². The molecule has 2 aromatic rings. The summed E-state index contributed by atoms with van der Waals surface area (Å²) in [7, 11) is 0. The van der Waals surface area contributed by atoms with Gasteiger partial charge in [-0.1, -0.05) is 17.7 Å². The normalized spacial score (nSPS) is 10.8. The van der Waals surface area contributed by atoms with E-state index in [1.807, 2.05) is 6.92 Å². The molecule has 114 valence electrons. The number of benzene rings is 2. The highest BCUT2D eigenvalue weighted by atomic mass is 35.5. The van der Waals surface area contributed by atoms with Crippen LogP contribution in [0.5, 0.6) is 11.5 Å². The van der Waals surface area contributed by atoms with Gasteiger partial charge in [-0.15, -0.1) is 0 Å². The molecular weight excluding hydrogens is 308 g/mol.